The van der Waals surface area contributed by atoms with Gasteiger partial charge in [0.2, 0.25) is 11.8 Å². The molecule has 2 aromatic rings. The van der Waals surface area contributed by atoms with Crippen LogP contribution >= 0.6 is 0 Å². The molecule has 0 fully saturated rings. The zero-order valence-electron chi connectivity index (χ0n) is 14.3. The van der Waals surface area contributed by atoms with E-state index in [2.05, 4.69) is 10.4 Å². The Balaban J connectivity index is 1.55. The molecule has 3 rings (SSSR count). The fraction of sp³-hybridized carbons (Fsp3) is 0.389. The minimum atomic E-state index is -0.0471. The first-order chi connectivity index (χ1) is 11.5. The van der Waals surface area contributed by atoms with Crippen molar-refractivity contribution >= 4 is 17.5 Å². The Hall–Kier alpha value is -2.63. The third kappa shape index (κ3) is 3.04. The number of aromatic nitrogens is 2. The molecule has 0 saturated heterocycles. The third-order valence-electron chi connectivity index (χ3n) is 4.58. The summed E-state index contributed by atoms with van der Waals surface area (Å²) in [5, 5.41) is 7.23. The van der Waals surface area contributed by atoms with Gasteiger partial charge in [0.05, 0.1) is 18.5 Å². The minimum Gasteiger partial charge on any atom is -0.354 e. The average molecular weight is 326 g/mol. The lowest BCUT2D eigenvalue weighted by Crippen LogP contribution is -2.37. The number of hydrogen-bond acceptors (Lipinski definition) is 3. The van der Waals surface area contributed by atoms with Gasteiger partial charge in [-0.2, -0.15) is 5.10 Å². The monoisotopic (exact) mass is 326 g/mol. The van der Waals surface area contributed by atoms with E-state index < -0.39 is 0 Å². The van der Waals surface area contributed by atoms with E-state index in [0.717, 1.165) is 28.2 Å². The quantitative estimate of drug-likeness (QED) is 0.900. The fourth-order valence-electron chi connectivity index (χ4n) is 3.16. The fourth-order valence-corrected chi connectivity index (χ4v) is 3.16. The number of nitrogens with zero attached hydrogens (tertiary/aromatic N) is 3. The van der Waals surface area contributed by atoms with Gasteiger partial charge in [0.15, 0.2) is 0 Å². The smallest absolute Gasteiger partial charge is 0.231 e. The zero-order valence-corrected chi connectivity index (χ0v) is 14.3. The topological polar surface area (TPSA) is 67.2 Å². The van der Waals surface area contributed by atoms with Crippen LogP contribution < -0.4 is 10.2 Å². The number of aryl methyl sites for hydroxylation is 2. The summed E-state index contributed by atoms with van der Waals surface area (Å²) < 4.78 is 1.79. The van der Waals surface area contributed by atoms with E-state index in [1.54, 1.807) is 9.58 Å². The van der Waals surface area contributed by atoms with Gasteiger partial charge in [-0.3, -0.25) is 14.3 Å². The van der Waals surface area contributed by atoms with Gasteiger partial charge in [0.1, 0.15) is 0 Å². The van der Waals surface area contributed by atoms with Crippen LogP contribution in [-0.2, 0) is 29.5 Å². The lowest BCUT2D eigenvalue weighted by molar-refractivity contribution is -0.121. The number of para-hydroxylation sites is 1. The summed E-state index contributed by atoms with van der Waals surface area (Å²) in [6.45, 7) is 4.81. The Bertz CT molecular complexity index is 794. The Morgan fingerprint density at radius 3 is 2.75 bits per heavy atom. The number of amides is 2. The summed E-state index contributed by atoms with van der Waals surface area (Å²) in [6.07, 6.45) is 0.758. The van der Waals surface area contributed by atoms with Crippen molar-refractivity contribution in [3.8, 4) is 0 Å². The van der Waals surface area contributed by atoms with Gasteiger partial charge in [0, 0.05) is 37.1 Å². The third-order valence-corrected chi connectivity index (χ3v) is 4.58. The Labute approximate surface area is 141 Å². The van der Waals surface area contributed by atoms with E-state index in [9.17, 15) is 9.59 Å². The molecule has 2 amide bonds. The molecule has 126 valence electrons. The van der Waals surface area contributed by atoms with Crippen LogP contribution in [-0.4, -0.2) is 34.7 Å². The van der Waals surface area contributed by atoms with Gasteiger partial charge < -0.3 is 10.2 Å². The molecule has 0 atom stereocenters. The molecule has 1 N–H and O–H groups in total. The second-order valence-corrected chi connectivity index (χ2v) is 6.15. The summed E-state index contributed by atoms with van der Waals surface area (Å²) in [5.41, 5.74) is 4.86. The van der Waals surface area contributed by atoms with Crippen molar-refractivity contribution in [1.82, 2.24) is 15.1 Å². The highest BCUT2D eigenvalue weighted by Gasteiger charge is 2.26. The summed E-state index contributed by atoms with van der Waals surface area (Å²) >= 11 is 0. The van der Waals surface area contributed by atoms with E-state index >= 15 is 0 Å². The highest BCUT2D eigenvalue weighted by Crippen LogP contribution is 2.27. The second-order valence-electron chi connectivity index (χ2n) is 6.15. The maximum absolute atomic E-state index is 12.2. The number of rotatable bonds is 5. The Morgan fingerprint density at radius 2 is 2.04 bits per heavy atom. The largest absolute Gasteiger partial charge is 0.354 e. The van der Waals surface area contributed by atoms with Crippen molar-refractivity contribution in [3.05, 3.63) is 46.8 Å². The molecular weight excluding hydrogens is 304 g/mol. The van der Waals surface area contributed by atoms with Crippen LogP contribution in [0.25, 0.3) is 0 Å². The van der Waals surface area contributed by atoms with Crippen LogP contribution in [0.2, 0.25) is 0 Å². The van der Waals surface area contributed by atoms with Crippen LogP contribution in [0, 0.1) is 13.8 Å². The lowest BCUT2D eigenvalue weighted by atomic mass is 10.1. The lowest BCUT2D eigenvalue weighted by Gasteiger charge is -2.17. The van der Waals surface area contributed by atoms with Crippen LogP contribution in [0.3, 0.4) is 0 Å². The van der Waals surface area contributed by atoms with Crippen molar-refractivity contribution in [3.63, 3.8) is 0 Å². The maximum Gasteiger partial charge on any atom is 0.231 e. The molecule has 1 aliphatic heterocycles. The van der Waals surface area contributed by atoms with E-state index in [4.69, 9.17) is 0 Å². The van der Waals surface area contributed by atoms with Crippen LogP contribution in [0.4, 0.5) is 5.69 Å². The van der Waals surface area contributed by atoms with E-state index in [-0.39, 0.29) is 11.8 Å². The molecule has 1 aromatic heterocycles. The maximum atomic E-state index is 12.2. The van der Waals surface area contributed by atoms with Gasteiger partial charge in [-0.1, -0.05) is 18.2 Å². The van der Waals surface area contributed by atoms with E-state index in [1.807, 2.05) is 45.2 Å². The summed E-state index contributed by atoms with van der Waals surface area (Å²) in [4.78, 5) is 26.0. The number of benzene rings is 1. The van der Waals surface area contributed by atoms with Crippen LogP contribution in [0.1, 0.15) is 22.5 Å². The van der Waals surface area contributed by atoms with Crippen molar-refractivity contribution in [1.29, 1.82) is 0 Å². The second kappa shape index (κ2) is 6.47. The molecule has 0 aliphatic carbocycles. The standard InChI is InChI=1S/C18H22N4O2/c1-12-15(13(2)21(3)20-12)11-17(23)19-8-9-22-16-7-5-4-6-14(16)10-18(22)24/h4-7H,8-11H2,1-3H3,(H,19,23). The summed E-state index contributed by atoms with van der Waals surface area (Å²) in [6, 6.07) is 7.79. The van der Waals surface area contributed by atoms with E-state index in [1.165, 1.54) is 0 Å². The molecule has 6 heteroatoms. The molecular formula is C18H22N4O2. The number of hydrogen-bond donors (Lipinski definition) is 1. The molecule has 2 heterocycles. The number of anilines is 1. The summed E-state index contributed by atoms with van der Waals surface area (Å²) in [5.74, 6) is 0.0403. The Morgan fingerprint density at radius 1 is 1.29 bits per heavy atom. The van der Waals surface area contributed by atoms with Gasteiger partial charge in [0.25, 0.3) is 0 Å². The zero-order chi connectivity index (χ0) is 17.3. The van der Waals surface area contributed by atoms with Gasteiger partial charge in [-0.15, -0.1) is 0 Å². The number of carbonyl (C=O) groups is 2. The van der Waals surface area contributed by atoms with Crippen LogP contribution in [0.5, 0.6) is 0 Å². The van der Waals surface area contributed by atoms with Gasteiger partial charge in [-0.25, -0.2) is 0 Å². The number of carbonyl (C=O) groups excluding carboxylic acids is 2. The van der Waals surface area contributed by atoms with Crippen LogP contribution in [0.15, 0.2) is 24.3 Å². The highest BCUT2D eigenvalue weighted by molar-refractivity contribution is 6.01. The molecule has 1 aliphatic rings. The average Bonchev–Trinajstić information content (AvgIpc) is 2.98. The predicted octanol–water partition coefficient (Wildman–Crippen LogP) is 1.28. The molecule has 0 saturated carbocycles. The van der Waals surface area contributed by atoms with Crippen molar-refractivity contribution < 1.29 is 9.59 Å². The normalized spacial score (nSPS) is 13.3. The Kier molecular flexibility index (Phi) is 4.38. The first-order valence-corrected chi connectivity index (χ1v) is 8.11. The van der Waals surface area contributed by atoms with Gasteiger partial charge >= 0.3 is 0 Å². The first kappa shape index (κ1) is 16.2. The van der Waals surface area contributed by atoms with Crippen molar-refractivity contribution in [2.75, 3.05) is 18.0 Å². The summed E-state index contributed by atoms with van der Waals surface area (Å²) in [7, 11) is 1.88. The molecule has 0 bridgehead atoms. The SMILES string of the molecule is Cc1nn(C)c(C)c1CC(=O)NCCN1C(=O)Cc2ccccc21. The first-order valence-electron chi connectivity index (χ1n) is 8.11. The molecule has 0 radical (unpaired) electrons. The van der Waals surface area contributed by atoms with E-state index in [0.29, 0.717) is 25.9 Å². The molecule has 24 heavy (non-hydrogen) atoms. The van der Waals surface area contributed by atoms with Crippen molar-refractivity contribution in [2.45, 2.75) is 26.7 Å². The molecule has 0 unspecified atom stereocenters. The molecule has 1 aromatic carbocycles. The number of nitrogens with one attached hydrogen (secondary N) is 1. The highest BCUT2D eigenvalue weighted by atomic mass is 16.2. The number of fused-ring (bicyclic) bond motifs is 1. The van der Waals surface area contributed by atoms with Crippen molar-refractivity contribution in [2.24, 2.45) is 7.05 Å². The minimum absolute atomic E-state index is 0.0471. The molecule has 0 spiro atoms. The predicted molar refractivity (Wildman–Crippen MR) is 91.9 cm³/mol. The molecule has 6 nitrogen and oxygen atoms in total. The van der Waals surface area contributed by atoms with Gasteiger partial charge in [-0.05, 0) is 25.5 Å².